The zero-order valence-corrected chi connectivity index (χ0v) is 9.96. The van der Waals surface area contributed by atoms with Gasteiger partial charge in [-0.15, -0.1) is 0 Å². The first kappa shape index (κ1) is 13.8. The van der Waals surface area contributed by atoms with E-state index < -0.39 is 22.5 Å². The van der Waals surface area contributed by atoms with Gasteiger partial charge in [-0.1, -0.05) is 0 Å². The van der Waals surface area contributed by atoms with Crippen molar-refractivity contribution in [2.45, 2.75) is 19.3 Å². The van der Waals surface area contributed by atoms with Crippen molar-refractivity contribution in [2.24, 2.45) is 0 Å². The van der Waals surface area contributed by atoms with Crippen LogP contribution in [-0.4, -0.2) is 53.4 Å². The third-order valence-electron chi connectivity index (χ3n) is 1.69. The number of hydrogen-bond acceptors (Lipinski definition) is 4. The Balaban J connectivity index is 4.38. The molecule has 0 radical (unpaired) electrons. The molecule has 0 aromatic carbocycles. The Morgan fingerprint density at radius 3 is 1.93 bits per heavy atom. The van der Waals surface area contributed by atoms with Crippen LogP contribution in [0.3, 0.4) is 0 Å². The first-order valence-electron chi connectivity index (χ1n) is 4.10. The highest BCUT2D eigenvalue weighted by Gasteiger charge is 2.23. The van der Waals surface area contributed by atoms with Crippen LogP contribution in [0.2, 0.25) is 0 Å². The molecule has 0 bridgehead atoms. The number of ether oxygens (including phenoxy) is 2. The molecule has 14 heavy (non-hydrogen) atoms. The highest BCUT2D eigenvalue weighted by atomic mass is 32.2. The Bertz CT molecular complexity index is 248. The van der Waals surface area contributed by atoms with Gasteiger partial charge in [0.2, 0.25) is 0 Å². The Morgan fingerprint density at radius 2 is 1.64 bits per heavy atom. The summed E-state index contributed by atoms with van der Waals surface area (Å²) in [5.41, 5.74) is 0. The Hall–Kier alpha value is -0.210. The van der Waals surface area contributed by atoms with Gasteiger partial charge in [0.1, 0.15) is 0 Å². The lowest BCUT2D eigenvalue weighted by molar-refractivity contribution is -0.115. The molecule has 0 saturated carbocycles. The monoisotopic (exact) mass is 226 g/mol. The molecule has 6 nitrogen and oxygen atoms in total. The fourth-order valence-corrected chi connectivity index (χ4v) is 1.69. The van der Waals surface area contributed by atoms with Crippen LogP contribution in [0.4, 0.5) is 0 Å². The van der Waals surface area contributed by atoms with Crippen molar-refractivity contribution in [3.63, 3.8) is 0 Å². The average Bonchev–Trinajstić information content (AvgIpc) is 2.05. The molecule has 0 rings (SSSR count). The summed E-state index contributed by atoms with van der Waals surface area (Å²) in [4.78, 5) is 0. The molecule has 0 saturated heterocycles. The van der Waals surface area contributed by atoms with Crippen molar-refractivity contribution in [3.05, 3.63) is 0 Å². The molecule has 0 aliphatic carbocycles. The zero-order valence-electron chi connectivity index (χ0n) is 9.14. The van der Waals surface area contributed by atoms with Gasteiger partial charge in [0.05, 0.1) is 6.04 Å². The third kappa shape index (κ3) is 3.89. The van der Waals surface area contributed by atoms with Crippen LogP contribution in [-0.2, 0) is 19.7 Å². The zero-order chi connectivity index (χ0) is 11.4. The molecular formula is C7H18N2O4S. The van der Waals surface area contributed by atoms with Gasteiger partial charge in [-0.2, -0.15) is 17.4 Å². The van der Waals surface area contributed by atoms with Gasteiger partial charge in [0, 0.05) is 28.3 Å². The summed E-state index contributed by atoms with van der Waals surface area (Å²) < 4.78 is 36.1. The second kappa shape index (κ2) is 5.62. The van der Waals surface area contributed by atoms with Crippen LogP contribution >= 0.6 is 0 Å². The molecule has 0 spiro atoms. The molecule has 1 N–H and O–H groups in total. The minimum Gasteiger partial charge on any atom is -0.354 e. The number of hydrogen-bond donors (Lipinski definition) is 1. The van der Waals surface area contributed by atoms with Crippen molar-refractivity contribution in [1.82, 2.24) is 9.03 Å². The molecular weight excluding hydrogens is 208 g/mol. The Kier molecular flexibility index (Phi) is 5.53. The number of rotatable bonds is 6. The first-order chi connectivity index (χ1) is 6.35. The fourth-order valence-electron chi connectivity index (χ4n) is 0.900. The van der Waals surface area contributed by atoms with Crippen molar-refractivity contribution in [1.29, 1.82) is 0 Å². The fraction of sp³-hybridized carbons (Fsp3) is 1.00. The molecule has 0 aliphatic heterocycles. The van der Waals surface area contributed by atoms with Crippen LogP contribution in [0, 0.1) is 0 Å². The minimum absolute atomic E-state index is 0.447. The average molecular weight is 226 g/mol. The van der Waals surface area contributed by atoms with Crippen LogP contribution in [0.15, 0.2) is 0 Å². The summed E-state index contributed by atoms with van der Waals surface area (Å²) in [6.45, 7) is 1.67. The molecule has 0 heterocycles. The molecule has 0 aromatic heterocycles. The number of nitrogens with zero attached hydrogens (tertiary/aromatic N) is 1. The third-order valence-corrected chi connectivity index (χ3v) is 3.32. The van der Waals surface area contributed by atoms with E-state index in [0.29, 0.717) is 0 Å². The lowest BCUT2D eigenvalue weighted by Crippen LogP contribution is -2.47. The van der Waals surface area contributed by atoms with Crippen molar-refractivity contribution in [3.8, 4) is 0 Å². The van der Waals surface area contributed by atoms with Gasteiger partial charge in [-0.05, 0) is 6.92 Å². The van der Waals surface area contributed by atoms with E-state index in [0.717, 1.165) is 4.31 Å². The lowest BCUT2D eigenvalue weighted by Gasteiger charge is -2.23. The predicted octanol–water partition coefficient (Wildman–Crippen LogP) is -0.610. The van der Waals surface area contributed by atoms with E-state index in [2.05, 4.69) is 4.72 Å². The van der Waals surface area contributed by atoms with Crippen molar-refractivity contribution < 1.29 is 17.9 Å². The van der Waals surface area contributed by atoms with E-state index >= 15 is 0 Å². The van der Waals surface area contributed by atoms with Crippen LogP contribution in [0.5, 0.6) is 0 Å². The molecule has 0 aliphatic rings. The summed E-state index contributed by atoms with van der Waals surface area (Å²) in [5.74, 6) is 0. The second-order valence-electron chi connectivity index (χ2n) is 3.03. The molecule has 0 fully saturated rings. The predicted molar refractivity (Wildman–Crippen MR) is 53.0 cm³/mol. The second-order valence-corrected chi connectivity index (χ2v) is 4.95. The molecule has 7 heteroatoms. The quantitative estimate of drug-likeness (QED) is 0.613. The van der Waals surface area contributed by atoms with Crippen molar-refractivity contribution >= 4 is 10.2 Å². The standard InChI is InChI=1S/C7H18N2O4S/c1-6(7(12-4)13-5)8-14(10,11)9(2)3/h6-8H,1-5H3. The van der Waals surface area contributed by atoms with E-state index in [4.69, 9.17) is 9.47 Å². The summed E-state index contributed by atoms with van der Waals surface area (Å²) in [7, 11) is 2.36. The van der Waals surface area contributed by atoms with E-state index in [1.165, 1.54) is 28.3 Å². The van der Waals surface area contributed by atoms with Crippen LogP contribution in [0.1, 0.15) is 6.92 Å². The topological polar surface area (TPSA) is 67.9 Å². The summed E-state index contributed by atoms with van der Waals surface area (Å²) >= 11 is 0. The molecule has 86 valence electrons. The summed E-state index contributed by atoms with van der Waals surface area (Å²) in [5, 5.41) is 0. The smallest absolute Gasteiger partial charge is 0.279 e. The van der Waals surface area contributed by atoms with E-state index in [-0.39, 0.29) is 0 Å². The molecule has 1 atom stereocenters. The van der Waals surface area contributed by atoms with Gasteiger partial charge >= 0.3 is 0 Å². The van der Waals surface area contributed by atoms with Gasteiger partial charge in [-0.25, -0.2) is 0 Å². The first-order valence-corrected chi connectivity index (χ1v) is 5.54. The highest BCUT2D eigenvalue weighted by molar-refractivity contribution is 7.87. The number of methoxy groups -OCH3 is 2. The summed E-state index contributed by atoms with van der Waals surface area (Å²) in [6.07, 6.45) is -0.593. The highest BCUT2D eigenvalue weighted by Crippen LogP contribution is 2.01. The summed E-state index contributed by atoms with van der Waals surface area (Å²) in [6, 6.07) is -0.447. The maximum absolute atomic E-state index is 11.4. The maximum atomic E-state index is 11.4. The van der Waals surface area contributed by atoms with Gasteiger partial charge in [0.25, 0.3) is 10.2 Å². The molecule has 1 unspecified atom stereocenters. The van der Waals surface area contributed by atoms with Crippen molar-refractivity contribution in [2.75, 3.05) is 28.3 Å². The van der Waals surface area contributed by atoms with Gasteiger partial charge in [0.15, 0.2) is 6.29 Å². The van der Waals surface area contributed by atoms with Crippen LogP contribution in [0.25, 0.3) is 0 Å². The Morgan fingerprint density at radius 1 is 1.21 bits per heavy atom. The van der Waals surface area contributed by atoms with E-state index in [1.807, 2.05) is 0 Å². The maximum Gasteiger partial charge on any atom is 0.279 e. The van der Waals surface area contributed by atoms with Gasteiger partial charge in [-0.3, -0.25) is 0 Å². The molecule has 0 amide bonds. The SMILES string of the molecule is COC(OC)C(C)NS(=O)(=O)N(C)C. The largest absolute Gasteiger partial charge is 0.354 e. The minimum atomic E-state index is -3.44. The van der Waals surface area contributed by atoms with E-state index in [1.54, 1.807) is 6.92 Å². The lowest BCUT2D eigenvalue weighted by atomic mass is 10.3. The van der Waals surface area contributed by atoms with E-state index in [9.17, 15) is 8.42 Å². The number of nitrogens with one attached hydrogen (secondary N) is 1. The normalized spacial score (nSPS) is 15.1. The Labute approximate surface area is 85.4 Å². The van der Waals surface area contributed by atoms with Gasteiger partial charge < -0.3 is 9.47 Å². The van der Waals surface area contributed by atoms with Crippen LogP contribution < -0.4 is 4.72 Å². The molecule has 0 aromatic rings.